The minimum absolute atomic E-state index is 0.0701. The zero-order chi connectivity index (χ0) is 16.8. The Kier molecular flexibility index (Phi) is 3.19. The average molecular weight is 322 g/mol. The van der Waals surface area contributed by atoms with Crippen molar-refractivity contribution in [3.8, 4) is 11.1 Å². The van der Waals surface area contributed by atoms with Gasteiger partial charge in [-0.3, -0.25) is 9.89 Å². The first-order valence-corrected chi connectivity index (χ1v) is 7.72. The van der Waals surface area contributed by atoms with Gasteiger partial charge in [-0.1, -0.05) is 12.1 Å². The minimum Gasteiger partial charge on any atom is -0.308 e. The van der Waals surface area contributed by atoms with Crippen molar-refractivity contribution in [3.63, 3.8) is 0 Å². The van der Waals surface area contributed by atoms with Crippen LogP contribution < -0.4 is 5.56 Å². The topological polar surface area (TPSA) is 63.6 Å². The van der Waals surface area contributed by atoms with Crippen molar-refractivity contribution < 1.29 is 4.39 Å². The molecule has 1 aromatic carbocycles. The minimum atomic E-state index is -0.468. The van der Waals surface area contributed by atoms with Gasteiger partial charge in [0.05, 0.1) is 22.6 Å². The summed E-state index contributed by atoms with van der Waals surface area (Å²) in [5, 5.41) is 8.41. The number of rotatable bonds is 2. The number of fused-ring (bicyclic) bond motifs is 3. The Morgan fingerprint density at radius 1 is 1.17 bits per heavy atom. The van der Waals surface area contributed by atoms with Gasteiger partial charge in [0.1, 0.15) is 0 Å². The zero-order valence-corrected chi connectivity index (χ0v) is 13.3. The van der Waals surface area contributed by atoms with Gasteiger partial charge in [-0.2, -0.15) is 9.49 Å². The van der Waals surface area contributed by atoms with Crippen LogP contribution >= 0.6 is 0 Å². The summed E-state index contributed by atoms with van der Waals surface area (Å²) >= 11 is 0. The molecule has 3 heterocycles. The van der Waals surface area contributed by atoms with Crippen molar-refractivity contribution >= 4 is 21.8 Å². The van der Waals surface area contributed by atoms with Crippen LogP contribution in [0.1, 0.15) is 12.5 Å². The zero-order valence-electron chi connectivity index (χ0n) is 13.3. The number of hydrogen-bond acceptors (Lipinski definition) is 3. The highest BCUT2D eigenvalue weighted by Crippen LogP contribution is 2.27. The molecular weight excluding hydrogens is 307 g/mol. The number of nitrogens with one attached hydrogen (secondary N) is 1. The summed E-state index contributed by atoms with van der Waals surface area (Å²) in [6.45, 7) is 4.17. The Morgan fingerprint density at radius 3 is 2.75 bits per heavy atom. The lowest BCUT2D eigenvalue weighted by molar-refractivity contribution is 0.575. The summed E-state index contributed by atoms with van der Waals surface area (Å²) in [7, 11) is 0. The van der Waals surface area contributed by atoms with E-state index in [1.807, 2.05) is 25.1 Å². The van der Waals surface area contributed by atoms with Gasteiger partial charge < -0.3 is 4.57 Å². The number of hydrogen-bond donors (Lipinski definition) is 1. The maximum Gasteiger partial charge on any atom is 0.262 e. The highest BCUT2D eigenvalue weighted by molar-refractivity contribution is 6.04. The fourth-order valence-corrected chi connectivity index (χ4v) is 3.08. The molecule has 5 nitrogen and oxygen atoms in total. The smallest absolute Gasteiger partial charge is 0.262 e. The third-order valence-electron chi connectivity index (χ3n) is 4.34. The van der Waals surface area contributed by atoms with Crippen LogP contribution in [0, 0.1) is 12.9 Å². The van der Waals surface area contributed by atoms with E-state index in [2.05, 4.69) is 15.2 Å². The third-order valence-corrected chi connectivity index (χ3v) is 4.34. The van der Waals surface area contributed by atoms with E-state index in [0.717, 1.165) is 27.5 Å². The highest BCUT2D eigenvalue weighted by atomic mass is 19.1. The van der Waals surface area contributed by atoms with Crippen LogP contribution in [0.3, 0.4) is 0 Å². The van der Waals surface area contributed by atoms with E-state index in [1.165, 1.54) is 6.20 Å². The van der Waals surface area contributed by atoms with Gasteiger partial charge >= 0.3 is 0 Å². The van der Waals surface area contributed by atoms with Crippen molar-refractivity contribution in [2.24, 2.45) is 0 Å². The summed E-state index contributed by atoms with van der Waals surface area (Å²) in [5.74, 6) is -0.468. The van der Waals surface area contributed by atoms with Crippen LogP contribution in [-0.2, 0) is 6.54 Å². The van der Waals surface area contributed by atoms with Gasteiger partial charge in [-0.15, -0.1) is 0 Å². The summed E-state index contributed by atoms with van der Waals surface area (Å²) in [4.78, 5) is 16.4. The summed E-state index contributed by atoms with van der Waals surface area (Å²) in [5.41, 5.74) is 3.68. The third kappa shape index (κ3) is 2.03. The van der Waals surface area contributed by atoms with Crippen LogP contribution in [0.25, 0.3) is 32.9 Å². The van der Waals surface area contributed by atoms with Crippen molar-refractivity contribution in [1.29, 1.82) is 0 Å². The Morgan fingerprint density at radius 2 is 2.00 bits per heavy atom. The molecule has 0 aliphatic heterocycles. The quantitative estimate of drug-likeness (QED) is 0.575. The number of H-pyrrole nitrogens is 1. The molecular formula is C18H15FN4O. The Bertz CT molecular complexity index is 1140. The SMILES string of the molecule is CCn1c(=O)c2cn[nH]c2c2ccc(-c3cnc(F)c(C)c3)cc21. The predicted octanol–water partition coefficient (Wildman–Crippen LogP) is 3.41. The second-order valence-corrected chi connectivity index (χ2v) is 5.77. The van der Waals surface area contributed by atoms with Gasteiger partial charge in [-0.05, 0) is 31.5 Å². The molecule has 0 amide bonds. The molecule has 1 N–H and O–H groups in total. The first-order chi connectivity index (χ1) is 11.6. The maximum atomic E-state index is 13.4. The molecule has 24 heavy (non-hydrogen) atoms. The first kappa shape index (κ1) is 14.6. The van der Waals surface area contributed by atoms with Gasteiger partial charge in [-0.25, -0.2) is 4.98 Å². The largest absolute Gasteiger partial charge is 0.308 e. The number of aromatic amines is 1. The molecule has 0 aliphatic carbocycles. The molecule has 6 heteroatoms. The normalized spacial score (nSPS) is 11.5. The van der Waals surface area contributed by atoms with Crippen LogP contribution in [0.15, 0.2) is 41.5 Å². The molecule has 0 bridgehead atoms. The Hall–Kier alpha value is -3.02. The van der Waals surface area contributed by atoms with Crippen molar-refractivity contribution in [2.75, 3.05) is 0 Å². The maximum absolute atomic E-state index is 13.4. The Balaban J connectivity index is 2.05. The van der Waals surface area contributed by atoms with Crippen LogP contribution in [0.2, 0.25) is 0 Å². The molecule has 0 radical (unpaired) electrons. The second-order valence-electron chi connectivity index (χ2n) is 5.77. The number of pyridine rings is 2. The average Bonchev–Trinajstić information content (AvgIpc) is 3.07. The van der Waals surface area contributed by atoms with Gasteiger partial charge in [0.2, 0.25) is 5.95 Å². The molecule has 4 aromatic rings. The van der Waals surface area contributed by atoms with Crippen molar-refractivity contribution in [2.45, 2.75) is 20.4 Å². The van der Waals surface area contributed by atoms with Crippen LogP contribution in [-0.4, -0.2) is 19.7 Å². The predicted molar refractivity (Wildman–Crippen MR) is 91.5 cm³/mol. The molecule has 0 saturated carbocycles. The second kappa shape index (κ2) is 5.26. The fraction of sp³-hybridized carbons (Fsp3) is 0.167. The number of aryl methyl sites for hydroxylation is 2. The molecule has 0 unspecified atom stereocenters. The van der Waals surface area contributed by atoms with E-state index in [-0.39, 0.29) is 5.56 Å². The van der Waals surface area contributed by atoms with Crippen molar-refractivity contribution in [3.05, 3.63) is 58.5 Å². The molecule has 120 valence electrons. The van der Waals surface area contributed by atoms with Crippen LogP contribution in [0.4, 0.5) is 4.39 Å². The monoisotopic (exact) mass is 322 g/mol. The van der Waals surface area contributed by atoms with Crippen molar-refractivity contribution in [1.82, 2.24) is 19.7 Å². The van der Waals surface area contributed by atoms with Gasteiger partial charge in [0, 0.05) is 29.3 Å². The van der Waals surface area contributed by atoms with Gasteiger partial charge in [0.25, 0.3) is 5.56 Å². The lowest BCUT2D eigenvalue weighted by Gasteiger charge is -2.11. The van der Waals surface area contributed by atoms with E-state index in [0.29, 0.717) is 17.5 Å². The van der Waals surface area contributed by atoms with Crippen LogP contribution in [0.5, 0.6) is 0 Å². The molecule has 0 spiro atoms. The standard InChI is InChI=1S/C18H15FN4O/c1-3-23-15-7-11(12-6-10(2)17(19)20-8-12)4-5-13(15)16-14(18(23)24)9-21-22-16/h4-9H,3H2,1-2H3,(H,21,22). The molecule has 0 atom stereocenters. The molecule has 0 fully saturated rings. The van der Waals surface area contributed by atoms with E-state index in [1.54, 1.807) is 23.8 Å². The molecule has 3 aromatic heterocycles. The van der Waals surface area contributed by atoms with E-state index >= 15 is 0 Å². The van der Waals surface area contributed by atoms with E-state index < -0.39 is 5.95 Å². The summed E-state index contributed by atoms with van der Waals surface area (Å²) in [6, 6.07) is 7.60. The molecule has 0 aliphatic rings. The number of aromatic nitrogens is 4. The lowest BCUT2D eigenvalue weighted by atomic mass is 10.0. The number of nitrogens with zero attached hydrogens (tertiary/aromatic N) is 3. The Labute approximate surface area is 136 Å². The van der Waals surface area contributed by atoms with Gasteiger partial charge in [0.15, 0.2) is 0 Å². The lowest BCUT2D eigenvalue weighted by Crippen LogP contribution is -2.19. The highest BCUT2D eigenvalue weighted by Gasteiger charge is 2.13. The van der Waals surface area contributed by atoms with E-state index in [4.69, 9.17) is 0 Å². The molecule has 4 rings (SSSR count). The number of benzene rings is 1. The number of halogens is 1. The first-order valence-electron chi connectivity index (χ1n) is 7.72. The summed E-state index contributed by atoms with van der Waals surface area (Å²) < 4.78 is 15.1. The summed E-state index contributed by atoms with van der Waals surface area (Å²) in [6.07, 6.45) is 3.07. The fourth-order valence-electron chi connectivity index (χ4n) is 3.08. The molecule has 0 saturated heterocycles. The van der Waals surface area contributed by atoms with E-state index in [9.17, 15) is 9.18 Å².